The third-order valence-corrected chi connectivity index (χ3v) is 7.48. The number of alkyl carbamates (subject to hydrolysis) is 1. The maximum Gasteiger partial charge on any atom is 0.407 e. The fraction of sp³-hybridized carbons (Fsp3) is 0.545. The van der Waals surface area contributed by atoms with Crippen LogP contribution < -0.4 is 10.1 Å². The largest absolute Gasteiger partial charge is 0.496 e. The summed E-state index contributed by atoms with van der Waals surface area (Å²) in [7, 11) is 1.60. The number of nitrogens with one attached hydrogen (secondary N) is 1. The Morgan fingerprint density at radius 3 is 2.67 bits per heavy atom. The van der Waals surface area contributed by atoms with Gasteiger partial charge in [0.05, 0.1) is 23.5 Å². The highest BCUT2D eigenvalue weighted by molar-refractivity contribution is 7.23. The third-order valence-electron chi connectivity index (χ3n) is 5.93. The zero-order chi connectivity index (χ0) is 21.8. The fourth-order valence-corrected chi connectivity index (χ4v) is 5.99. The Labute approximate surface area is 185 Å². The summed E-state index contributed by atoms with van der Waals surface area (Å²) in [6.45, 7) is 8.11. The summed E-state index contributed by atoms with van der Waals surface area (Å²) in [5.74, 6) is 0.861. The highest BCUT2D eigenvalue weighted by atomic mass is 35.5. The molecule has 162 valence electrons. The van der Waals surface area contributed by atoms with E-state index in [1.165, 1.54) is 11.3 Å². The van der Waals surface area contributed by atoms with Gasteiger partial charge >= 0.3 is 6.09 Å². The lowest BCUT2D eigenvalue weighted by Gasteiger charge is -2.28. The Hall–Kier alpha value is -1.99. The molecule has 1 N–H and O–H groups in total. The van der Waals surface area contributed by atoms with Crippen molar-refractivity contribution >= 4 is 45.0 Å². The minimum Gasteiger partial charge on any atom is -0.496 e. The van der Waals surface area contributed by atoms with E-state index in [-0.39, 0.29) is 23.9 Å². The standard InChI is InChI=1S/C22H27ClN2O4S/c1-11-17-15(28-5)8-13(9-16(17)30-19(11)23)20(26)25-10-12-6-7-14(25)18(12)24-21(27)29-22(2,3)4/h8-9,12,14,18H,6-7,10H2,1-5H3,(H,24,27)/t12?,14?,18-/m1/s1. The van der Waals surface area contributed by atoms with Gasteiger partial charge in [0.1, 0.15) is 11.4 Å². The van der Waals surface area contributed by atoms with Gasteiger partial charge in [-0.15, -0.1) is 11.3 Å². The summed E-state index contributed by atoms with van der Waals surface area (Å²) >= 11 is 7.77. The van der Waals surface area contributed by atoms with E-state index in [4.69, 9.17) is 21.1 Å². The lowest BCUT2D eigenvalue weighted by molar-refractivity contribution is 0.0485. The van der Waals surface area contributed by atoms with Crippen molar-refractivity contribution in [1.29, 1.82) is 0 Å². The van der Waals surface area contributed by atoms with Crippen molar-refractivity contribution in [3.63, 3.8) is 0 Å². The number of hydrogen-bond acceptors (Lipinski definition) is 5. The predicted molar refractivity (Wildman–Crippen MR) is 119 cm³/mol. The average molecular weight is 451 g/mol. The molecule has 8 heteroatoms. The van der Waals surface area contributed by atoms with Gasteiger partial charge in [-0.1, -0.05) is 11.6 Å². The van der Waals surface area contributed by atoms with E-state index in [0.29, 0.717) is 22.2 Å². The Kier molecular flexibility index (Phi) is 5.39. The number of aryl methyl sites for hydroxylation is 1. The summed E-state index contributed by atoms with van der Waals surface area (Å²) in [6.07, 6.45) is 1.45. The molecule has 1 saturated carbocycles. The number of halogens is 1. The van der Waals surface area contributed by atoms with Gasteiger partial charge in [0.15, 0.2) is 0 Å². The minimum atomic E-state index is -0.552. The molecule has 1 aliphatic carbocycles. The van der Waals surface area contributed by atoms with E-state index < -0.39 is 11.7 Å². The Balaban J connectivity index is 1.57. The van der Waals surface area contributed by atoms with Crippen molar-refractivity contribution < 1.29 is 19.1 Å². The summed E-state index contributed by atoms with van der Waals surface area (Å²) in [4.78, 5) is 27.6. The zero-order valence-corrected chi connectivity index (χ0v) is 19.4. The number of piperidine rings is 1. The number of likely N-dealkylation sites (tertiary alicyclic amines) is 1. The first-order valence-corrected chi connectivity index (χ1v) is 11.4. The van der Waals surface area contributed by atoms with Gasteiger partial charge in [0, 0.05) is 22.2 Å². The van der Waals surface area contributed by atoms with Crippen molar-refractivity contribution in [2.75, 3.05) is 13.7 Å². The fourth-order valence-electron chi connectivity index (χ4n) is 4.65. The molecule has 2 fully saturated rings. The molecule has 2 heterocycles. The van der Waals surface area contributed by atoms with Gasteiger partial charge in [-0.2, -0.15) is 0 Å². The average Bonchev–Trinajstić information content (AvgIpc) is 3.30. The summed E-state index contributed by atoms with van der Waals surface area (Å²) < 4.78 is 12.6. The number of methoxy groups -OCH3 is 1. The van der Waals surface area contributed by atoms with E-state index in [1.807, 2.05) is 38.7 Å². The molecule has 2 bridgehead atoms. The number of hydrogen-bond donors (Lipinski definition) is 1. The maximum absolute atomic E-state index is 13.4. The van der Waals surface area contributed by atoms with Gasteiger partial charge in [-0.25, -0.2) is 4.79 Å². The van der Waals surface area contributed by atoms with E-state index in [1.54, 1.807) is 13.2 Å². The number of ether oxygens (including phenoxy) is 2. The smallest absolute Gasteiger partial charge is 0.407 e. The second-order valence-corrected chi connectivity index (χ2v) is 10.7. The van der Waals surface area contributed by atoms with Crippen LogP contribution in [0.5, 0.6) is 5.75 Å². The Bertz CT molecular complexity index is 1010. The normalized spacial score (nSPS) is 23.1. The SMILES string of the molecule is COc1cc(C(=O)N2CC3CCC2[C@@H]3NC(=O)OC(C)(C)C)cc2sc(Cl)c(C)c12. The molecule has 3 atom stereocenters. The second-order valence-electron chi connectivity index (χ2n) is 9.09. The predicted octanol–water partition coefficient (Wildman–Crippen LogP) is 5.00. The van der Waals surface area contributed by atoms with Gasteiger partial charge in [0.25, 0.3) is 5.91 Å². The monoisotopic (exact) mass is 450 g/mol. The van der Waals surface area contributed by atoms with Crippen LogP contribution in [0.4, 0.5) is 4.79 Å². The van der Waals surface area contributed by atoms with Crippen molar-refractivity contribution in [2.45, 2.75) is 58.2 Å². The first-order valence-electron chi connectivity index (χ1n) is 10.2. The molecular weight excluding hydrogens is 424 g/mol. The highest BCUT2D eigenvalue weighted by Crippen LogP contribution is 2.42. The van der Waals surface area contributed by atoms with Crippen LogP contribution in [-0.4, -0.2) is 48.2 Å². The lowest BCUT2D eigenvalue weighted by Crippen LogP contribution is -2.46. The number of amides is 2. The van der Waals surface area contributed by atoms with Crippen LogP contribution in [-0.2, 0) is 4.74 Å². The molecule has 0 spiro atoms. The first kappa shape index (κ1) is 21.2. The Morgan fingerprint density at radius 1 is 1.27 bits per heavy atom. The molecular formula is C22H27ClN2O4S. The minimum absolute atomic E-state index is 0.0228. The number of rotatable bonds is 3. The molecule has 2 unspecified atom stereocenters. The van der Waals surface area contributed by atoms with Gasteiger partial charge in [0.2, 0.25) is 0 Å². The molecule has 1 aromatic heterocycles. The van der Waals surface area contributed by atoms with E-state index >= 15 is 0 Å². The molecule has 1 saturated heterocycles. The number of carbonyl (C=O) groups excluding carboxylic acids is 2. The number of benzene rings is 1. The van der Waals surface area contributed by atoms with Crippen LogP contribution in [0.2, 0.25) is 4.34 Å². The highest BCUT2D eigenvalue weighted by Gasteiger charge is 2.49. The molecule has 6 nitrogen and oxygen atoms in total. The number of fused-ring (bicyclic) bond motifs is 3. The van der Waals surface area contributed by atoms with Gasteiger partial charge in [-0.05, 0) is 64.2 Å². The van der Waals surface area contributed by atoms with Crippen molar-refractivity contribution in [1.82, 2.24) is 10.2 Å². The molecule has 0 radical (unpaired) electrons. The summed E-state index contributed by atoms with van der Waals surface area (Å²) in [6, 6.07) is 3.59. The molecule has 2 aliphatic rings. The maximum atomic E-state index is 13.4. The molecule has 4 rings (SSSR count). The van der Waals surface area contributed by atoms with Crippen molar-refractivity contribution in [3.8, 4) is 5.75 Å². The number of carbonyl (C=O) groups is 2. The third kappa shape index (κ3) is 3.73. The molecule has 1 aromatic carbocycles. The number of thiophene rings is 1. The second kappa shape index (κ2) is 7.61. The lowest BCUT2D eigenvalue weighted by atomic mass is 10.1. The quantitative estimate of drug-likeness (QED) is 0.714. The molecule has 2 amide bonds. The van der Waals surface area contributed by atoms with Crippen molar-refractivity contribution in [3.05, 3.63) is 27.6 Å². The molecule has 30 heavy (non-hydrogen) atoms. The van der Waals surface area contributed by atoms with Crippen LogP contribution in [0.25, 0.3) is 10.1 Å². The van der Waals surface area contributed by atoms with Crippen LogP contribution in [0.15, 0.2) is 12.1 Å². The van der Waals surface area contributed by atoms with Crippen LogP contribution in [0.3, 0.4) is 0 Å². The summed E-state index contributed by atoms with van der Waals surface area (Å²) in [5.41, 5.74) is 0.999. The van der Waals surface area contributed by atoms with E-state index in [9.17, 15) is 9.59 Å². The van der Waals surface area contributed by atoms with Crippen molar-refractivity contribution in [2.24, 2.45) is 5.92 Å². The topological polar surface area (TPSA) is 67.9 Å². The van der Waals surface area contributed by atoms with Crippen LogP contribution >= 0.6 is 22.9 Å². The number of nitrogens with zero attached hydrogens (tertiary/aromatic N) is 1. The Morgan fingerprint density at radius 2 is 2.00 bits per heavy atom. The van der Waals surface area contributed by atoms with Crippen LogP contribution in [0.1, 0.15) is 49.5 Å². The molecule has 2 aromatic rings. The first-order chi connectivity index (χ1) is 14.1. The van der Waals surface area contributed by atoms with Gasteiger partial charge < -0.3 is 19.7 Å². The van der Waals surface area contributed by atoms with Gasteiger partial charge in [-0.3, -0.25) is 4.79 Å². The van der Waals surface area contributed by atoms with E-state index in [0.717, 1.165) is 28.5 Å². The van der Waals surface area contributed by atoms with Crippen LogP contribution in [0, 0.1) is 12.8 Å². The molecule has 1 aliphatic heterocycles. The summed E-state index contributed by atoms with van der Waals surface area (Å²) in [5, 5.41) is 3.96. The van der Waals surface area contributed by atoms with E-state index in [2.05, 4.69) is 5.32 Å². The zero-order valence-electron chi connectivity index (χ0n) is 17.9.